The Balaban J connectivity index is 2.39. The molecule has 5 nitrogen and oxygen atoms in total. The minimum absolute atomic E-state index is 0.0246. The molecule has 0 aliphatic heterocycles. The van der Waals surface area contributed by atoms with Crippen LogP contribution in [-0.2, 0) is 4.79 Å². The molecule has 1 heterocycles. The maximum Gasteiger partial charge on any atom is 0.234 e. The average Bonchev–Trinajstić information content (AvgIpc) is 2.83. The molecule has 0 aliphatic rings. The van der Waals surface area contributed by atoms with Crippen LogP contribution in [0.4, 0.5) is 0 Å². The van der Waals surface area contributed by atoms with Gasteiger partial charge >= 0.3 is 0 Å². The molecule has 1 aromatic heterocycles. The SMILES string of the molecule is C#CCNCC(=O)NCC(c1ccco1)N(C)C. The van der Waals surface area contributed by atoms with Crippen LogP contribution in [0.2, 0.25) is 0 Å². The number of rotatable bonds is 7. The van der Waals surface area contributed by atoms with E-state index in [0.29, 0.717) is 13.1 Å². The summed E-state index contributed by atoms with van der Waals surface area (Å²) in [7, 11) is 3.88. The van der Waals surface area contributed by atoms with E-state index in [0.717, 1.165) is 5.76 Å². The van der Waals surface area contributed by atoms with E-state index in [1.165, 1.54) is 0 Å². The van der Waals surface area contributed by atoms with Gasteiger partial charge in [-0.25, -0.2) is 0 Å². The predicted molar refractivity (Wildman–Crippen MR) is 69.8 cm³/mol. The van der Waals surface area contributed by atoms with E-state index < -0.39 is 0 Å². The third-order valence-electron chi connectivity index (χ3n) is 2.50. The van der Waals surface area contributed by atoms with Gasteiger partial charge in [0.05, 0.1) is 25.4 Å². The summed E-state index contributed by atoms with van der Waals surface area (Å²) in [4.78, 5) is 13.5. The first kappa shape index (κ1) is 14.3. The van der Waals surface area contributed by atoms with Crippen LogP contribution >= 0.6 is 0 Å². The molecule has 0 saturated heterocycles. The van der Waals surface area contributed by atoms with Gasteiger partial charge in [0.2, 0.25) is 5.91 Å². The summed E-state index contributed by atoms with van der Waals surface area (Å²) in [6, 6.07) is 3.76. The Morgan fingerprint density at radius 2 is 2.39 bits per heavy atom. The lowest BCUT2D eigenvalue weighted by Gasteiger charge is -2.22. The second-order valence-corrected chi connectivity index (χ2v) is 4.11. The monoisotopic (exact) mass is 249 g/mol. The Morgan fingerprint density at radius 1 is 1.61 bits per heavy atom. The quantitative estimate of drug-likeness (QED) is 0.536. The minimum Gasteiger partial charge on any atom is -0.468 e. The number of terminal acetylenes is 1. The molecule has 5 heteroatoms. The van der Waals surface area contributed by atoms with Crippen molar-refractivity contribution in [2.45, 2.75) is 6.04 Å². The highest BCUT2D eigenvalue weighted by molar-refractivity contribution is 5.78. The van der Waals surface area contributed by atoms with E-state index in [1.54, 1.807) is 6.26 Å². The highest BCUT2D eigenvalue weighted by atomic mass is 16.3. The number of amides is 1. The summed E-state index contributed by atoms with van der Waals surface area (Å²) in [6.45, 7) is 1.11. The highest BCUT2D eigenvalue weighted by Crippen LogP contribution is 2.17. The zero-order valence-electron chi connectivity index (χ0n) is 10.8. The van der Waals surface area contributed by atoms with Crippen molar-refractivity contribution in [2.24, 2.45) is 0 Å². The van der Waals surface area contributed by atoms with E-state index >= 15 is 0 Å². The highest BCUT2D eigenvalue weighted by Gasteiger charge is 2.17. The minimum atomic E-state index is -0.0799. The normalized spacial score (nSPS) is 12.1. The van der Waals surface area contributed by atoms with Crippen molar-refractivity contribution in [1.82, 2.24) is 15.5 Å². The zero-order valence-corrected chi connectivity index (χ0v) is 10.8. The van der Waals surface area contributed by atoms with E-state index in [4.69, 9.17) is 10.8 Å². The number of hydrogen-bond acceptors (Lipinski definition) is 4. The van der Waals surface area contributed by atoms with Gasteiger partial charge in [0.25, 0.3) is 0 Å². The molecule has 0 fully saturated rings. The summed E-state index contributed by atoms with van der Waals surface area (Å²) in [5, 5.41) is 5.68. The van der Waals surface area contributed by atoms with Crippen LogP contribution in [0.15, 0.2) is 22.8 Å². The van der Waals surface area contributed by atoms with Gasteiger partial charge in [0.15, 0.2) is 0 Å². The van der Waals surface area contributed by atoms with E-state index in [1.807, 2.05) is 31.1 Å². The standard InChI is InChI=1S/C13H19N3O2/c1-4-7-14-10-13(17)15-9-11(16(2)3)12-6-5-8-18-12/h1,5-6,8,11,14H,7,9-10H2,2-3H3,(H,15,17). The van der Waals surface area contributed by atoms with Gasteiger partial charge in [-0.05, 0) is 26.2 Å². The van der Waals surface area contributed by atoms with Crippen molar-refractivity contribution in [3.63, 3.8) is 0 Å². The second kappa shape index (κ2) is 7.54. The second-order valence-electron chi connectivity index (χ2n) is 4.11. The van der Waals surface area contributed by atoms with Crippen molar-refractivity contribution in [1.29, 1.82) is 0 Å². The van der Waals surface area contributed by atoms with Crippen molar-refractivity contribution < 1.29 is 9.21 Å². The third-order valence-corrected chi connectivity index (χ3v) is 2.50. The van der Waals surface area contributed by atoms with Gasteiger partial charge in [-0.15, -0.1) is 6.42 Å². The summed E-state index contributed by atoms with van der Waals surface area (Å²) in [5.41, 5.74) is 0. The van der Waals surface area contributed by atoms with Crippen LogP contribution in [0.3, 0.4) is 0 Å². The molecule has 0 radical (unpaired) electrons. The van der Waals surface area contributed by atoms with Gasteiger partial charge in [0, 0.05) is 6.54 Å². The maximum atomic E-state index is 11.5. The van der Waals surface area contributed by atoms with Crippen LogP contribution < -0.4 is 10.6 Å². The molecular weight excluding hydrogens is 230 g/mol. The molecule has 1 rings (SSSR count). The Labute approximate surface area is 108 Å². The Kier molecular flexibility index (Phi) is 5.98. The Morgan fingerprint density at radius 3 is 2.94 bits per heavy atom. The molecule has 1 amide bonds. The number of nitrogens with zero attached hydrogens (tertiary/aromatic N) is 1. The van der Waals surface area contributed by atoms with Crippen LogP contribution in [0.25, 0.3) is 0 Å². The number of furan rings is 1. The first-order chi connectivity index (χ1) is 8.65. The molecule has 0 bridgehead atoms. The summed E-state index contributed by atoms with van der Waals surface area (Å²) < 4.78 is 5.35. The Bertz CT molecular complexity index is 393. The molecule has 98 valence electrons. The molecular formula is C13H19N3O2. The number of likely N-dealkylation sites (N-methyl/N-ethyl adjacent to an activating group) is 1. The summed E-state index contributed by atoms with van der Waals surface area (Å²) in [5.74, 6) is 3.16. The lowest BCUT2D eigenvalue weighted by atomic mass is 10.2. The fourth-order valence-electron chi connectivity index (χ4n) is 1.54. The third kappa shape index (κ3) is 4.62. The molecule has 1 aromatic rings. The number of carbonyl (C=O) groups is 1. The Hall–Kier alpha value is -1.77. The van der Waals surface area contributed by atoms with Crippen LogP contribution in [0, 0.1) is 12.3 Å². The van der Waals surface area contributed by atoms with Crippen molar-refractivity contribution >= 4 is 5.91 Å². The molecule has 0 saturated carbocycles. The van der Waals surface area contributed by atoms with E-state index in [2.05, 4.69) is 16.6 Å². The molecule has 2 N–H and O–H groups in total. The lowest BCUT2D eigenvalue weighted by Crippen LogP contribution is -2.39. The van der Waals surface area contributed by atoms with Gasteiger partial charge < -0.3 is 9.73 Å². The van der Waals surface area contributed by atoms with Crippen molar-refractivity contribution in [3.8, 4) is 12.3 Å². The smallest absolute Gasteiger partial charge is 0.234 e. The van der Waals surface area contributed by atoms with Gasteiger partial charge in [-0.2, -0.15) is 0 Å². The van der Waals surface area contributed by atoms with E-state index in [9.17, 15) is 4.79 Å². The van der Waals surface area contributed by atoms with E-state index in [-0.39, 0.29) is 18.5 Å². The molecule has 0 aromatic carbocycles. The summed E-state index contributed by atoms with van der Waals surface area (Å²) in [6.07, 6.45) is 6.70. The largest absolute Gasteiger partial charge is 0.468 e. The van der Waals surface area contributed by atoms with Crippen LogP contribution in [0.1, 0.15) is 11.8 Å². The molecule has 18 heavy (non-hydrogen) atoms. The topological polar surface area (TPSA) is 57.5 Å². The molecule has 1 unspecified atom stereocenters. The zero-order chi connectivity index (χ0) is 13.4. The molecule has 0 aliphatic carbocycles. The van der Waals surface area contributed by atoms with Crippen LogP contribution in [-0.4, -0.2) is 44.5 Å². The fraction of sp³-hybridized carbons (Fsp3) is 0.462. The average molecular weight is 249 g/mol. The van der Waals surface area contributed by atoms with Crippen molar-refractivity contribution in [2.75, 3.05) is 33.7 Å². The predicted octanol–water partition coefficient (Wildman–Crippen LogP) is 0.221. The molecule has 0 spiro atoms. The van der Waals surface area contributed by atoms with Gasteiger partial charge in [-0.1, -0.05) is 5.92 Å². The van der Waals surface area contributed by atoms with Crippen LogP contribution in [0.5, 0.6) is 0 Å². The van der Waals surface area contributed by atoms with Crippen molar-refractivity contribution in [3.05, 3.63) is 24.2 Å². The lowest BCUT2D eigenvalue weighted by molar-refractivity contribution is -0.120. The molecule has 1 atom stereocenters. The first-order valence-electron chi connectivity index (χ1n) is 5.76. The fourth-order valence-corrected chi connectivity index (χ4v) is 1.54. The van der Waals surface area contributed by atoms with Gasteiger partial charge in [-0.3, -0.25) is 15.0 Å². The first-order valence-corrected chi connectivity index (χ1v) is 5.76. The maximum absolute atomic E-state index is 11.5. The summed E-state index contributed by atoms with van der Waals surface area (Å²) >= 11 is 0. The number of carbonyl (C=O) groups excluding carboxylic acids is 1. The van der Waals surface area contributed by atoms with Gasteiger partial charge in [0.1, 0.15) is 5.76 Å². The number of nitrogens with one attached hydrogen (secondary N) is 2. The number of hydrogen-bond donors (Lipinski definition) is 2.